The molecule has 1 aliphatic carbocycles. The molecule has 4 N–H and O–H groups in total. The van der Waals surface area contributed by atoms with Gasteiger partial charge in [0.2, 0.25) is 0 Å². The first kappa shape index (κ1) is 20.9. The maximum absolute atomic E-state index is 11.6. The van der Waals surface area contributed by atoms with Crippen LogP contribution in [0, 0.1) is 5.41 Å². The molecular formula is C19H30O8. The predicted octanol–water partition coefficient (Wildman–Crippen LogP) is -0.336. The zero-order chi connectivity index (χ0) is 20.1. The molecule has 0 saturated carbocycles. The summed E-state index contributed by atoms with van der Waals surface area (Å²) >= 11 is 0. The number of carbonyl (C=O) groups is 1. The Hall–Kier alpha value is -0.870. The topological polar surface area (TPSA) is 129 Å². The Bertz CT molecular complexity index is 613. The number of ketones is 1. The summed E-state index contributed by atoms with van der Waals surface area (Å²) in [6, 6.07) is 0. The van der Waals surface area contributed by atoms with Gasteiger partial charge in [0, 0.05) is 0 Å². The van der Waals surface area contributed by atoms with Crippen molar-refractivity contribution in [1.82, 2.24) is 0 Å². The molecule has 8 heteroatoms. The lowest BCUT2D eigenvalue weighted by Crippen LogP contribution is -2.59. The Morgan fingerprint density at radius 3 is 2.37 bits per heavy atom. The number of Topliss-reactive ketones (excluding diaryl/α,β-unsaturated/α-hetero) is 1. The molecule has 8 unspecified atom stereocenters. The number of hydrogen-bond donors (Lipinski definition) is 4. The summed E-state index contributed by atoms with van der Waals surface area (Å²) in [6.45, 7) is 7.15. The average Bonchev–Trinajstić information content (AvgIpc) is 3.34. The standard InChI is InChI=1S/C19H30O8/c1-8-5-10(6-19(3,4)12(8)17-16(27-17)9(2)21)25-18-15(24)14(23)13(22)11(7-20)26-18/h10-11,13-18,20,22-24H,5-7H2,1-4H3. The molecule has 2 aliphatic heterocycles. The van der Waals surface area contributed by atoms with Crippen molar-refractivity contribution >= 4 is 5.78 Å². The number of hydrogen-bond acceptors (Lipinski definition) is 8. The van der Waals surface area contributed by atoms with E-state index in [1.54, 1.807) is 0 Å². The average molecular weight is 386 g/mol. The van der Waals surface area contributed by atoms with Crippen LogP contribution in [0.1, 0.15) is 40.5 Å². The van der Waals surface area contributed by atoms with Crippen LogP contribution < -0.4 is 0 Å². The third kappa shape index (κ3) is 3.98. The lowest BCUT2D eigenvalue weighted by Gasteiger charge is -2.44. The molecule has 3 aliphatic rings. The molecular weight excluding hydrogens is 356 g/mol. The van der Waals surface area contributed by atoms with Gasteiger partial charge in [-0.15, -0.1) is 0 Å². The van der Waals surface area contributed by atoms with E-state index in [4.69, 9.17) is 14.2 Å². The van der Waals surface area contributed by atoms with Crippen molar-refractivity contribution in [3.05, 3.63) is 11.1 Å². The molecule has 2 fully saturated rings. The van der Waals surface area contributed by atoms with Crippen LogP contribution >= 0.6 is 0 Å². The first-order valence-corrected chi connectivity index (χ1v) is 9.39. The molecule has 2 saturated heterocycles. The summed E-state index contributed by atoms with van der Waals surface area (Å²) in [5.74, 6) is 0.0239. The van der Waals surface area contributed by atoms with E-state index >= 15 is 0 Å². The highest BCUT2D eigenvalue weighted by atomic mass is 16.7. The largest absolute Gasteiger partial charge is 0.394 e. The van der Waals surface area contributed by atoms with Gasteiger partial charge in [0.05, 0.1) is 12.7 Å². The maximum atomic E-state index is 11.6. The minimum atomic E-state index is -1.46. The van der Waals surface area contributed by atoms with Gasteiger partial charge in [-0.3, -0.25) is 4.79 Å². The summed E-state index contributed by atoms with van der Waals surface area (Å²) in [6.07, 6.45) is -6.02. The summed E-state index contributed by atoms with van der Waals surface area (Å²) in [4.78, 5) is 11.6. The Kier molecular flexibility index (Phi) is 5.80. The van der Waals surface area contributed by atoms with Gasteiger partial charge in [0.15, 0.2) is 12.1 Å². The number of rotatable bonds is 5. The van der Waals surface area contributed by atoms with Crippen LogP contribution in [-0.4, -0.2) is 81.8 Å². The van der Waals surface area contributed by atoms with Gasteiger partial charge >= 0.3 is 0 Å². The van der Waals surface area contributed by atoms with Crippen molar-refractivity contribution in [3.63, 3.8) is 0 Å². The molecule has 0 radical (unpaired) electrons. The lowest BCUT2D eigenvalue weighted by molar-refractivity contribution is -0.313. The molecule has 8 atom stereocenters. The molecule has 3 rings (SSSR count). The first-order valence-electron chi connectivity index (χ1n) is 9.39. The van der Waals surface area contributed by atoms with Crippen molar-refractivity contribution in [3.8, 4) is 0 Å². The number of epoxide rings is 1. The van der Waals surface area contributed by atoms with E-state index in [0.717, 1.165) is 11.1 Å². The number of aliphatic hydroxyl groups is 4. The van der Waals surface area contributed by atoms with E-state index in [-0.39, 0.29) is 29.5 Å². The van der Waals surface area contributed by atoms with Crippen LogP contribution in [0.5, 0.6) is 0 Å². The Morgan fingerprint density at radius 1 is 1.19 bits per heavy atom. The van der Waals surface area contributed by atoms with Gasteiger partial charge in [0.1, 0.15) is 36.6 Å². The fourth-order valence-electron chi connectivity index (χ4n) is 4.52. The fraction of sp³-hybridized carbons (Fsp3) is 0.842. The minimum absolute atomic E-state index is 0.0239. The van der Waals surface area contributed by atoms with Gasteiger partial charge in [-0.05, 0) is 37.7 Å². The third-order valence-electron chi connectivity index (χ3n) is 5.81. The second-order valence-electron chi connectivity index (χ2n) is 8.53. The van der Waals surface area contributed by atoms with Crippen molar-refractivity contribution < 1.29 is 39.4 Å². The number of carbonyl (C=O) groups excluding carboxylic acids is 1. The van der Waals surface area contributed by atoms with E-state index in [1.807, 2.05) is 6.92 Å². The van der Waals surface area contributed by atoms with Crippen LogP contribution in [0.3, 0.4) is 0 Å². The maximum Gasteiger partial charge on any atom is 0.186 e. The molecule has 0 bridgehead atoms. The van der Waals surface area contributed by atoms with Crippen LogP contribution in [0.25, 0.3) is 0 Å². The van der Waals surface area contributed by atoms with Crippen molar-refractivity contribution in [2.45, 2.75) is 89.6 Å². The van der Waals surface area contributed by atoms with Crippen molar-refractivity contribution in [1.29, 1.82) is 0 Å². The van der Waals surface area contributed by atoms with E-state index < -0.39 is 37.3 Å². The predicted molar refractivity (Wildman–Crippen MR) is 93.7 cm³/mol. The molecule has 2 heterocycles. The monoisotopic (exact) mass is 386 g/mol. The second kappa shape index (κ2) is 7.51. The Labute approximate surface area is 158 Å². The molecule has 0 aromatic carbocycles. The quantitative estimate of drug-likeness (QED) is 0.373. The first-order chi connectivity index (χ1) is 12.6. The normalized spacial score (nSPS) is 44.3. The van der Waals surface area contributed by atoms with Crippen LogP contribution in [0.4, 0.5) is 0 Å². The van der Waals surface area contributed by atoms with Gasteiger partial charge in [0.25, 0.3) is 0 Å². The van der Waals surface area contributed by atoms with Crippen molar-refractivity contribution in [2.24, 2.45) is 5.41 Å². The molecule has 27 heavy (non-hydrogen) atoms. The highest BCUT2D eigenvalue weighted by Gasteiger charge is 2.52. The van der Waals surface area contributed by atoms with Crippen LogP contribution in [0.15, 0.2) is 11.1 Å². The fourth-order valence-corrected chi connectivity index (χ4v) is 4.52. The second-order valence-corrected chi connectivity index (χ2v) is 8.53. The Balaban J connectivity index is 1.71. The Morgan fingerprint density at radius 2 is 1.85 bits per heavy atom. The highest BCUT2D eigenvalue weighted by Crippen LogP contribution is 2.49. The number of aliphatic hydroxyl groups excluding tert-OH is 4. The zero-order valence-corrected chi connectivity index (χ0v) is 16.2. The summed E-state index contributed by atoms with van der Waals surface area (Å²) in [5, 5.41) is 39.3. The highest BCUT2D eigenvalue weighted by molar-refractivity contribution is 5.84. The van der Waals surface area contributed by atoms with Crippen LogP contribution in [-0.2, 0) is 19.0 Å². The molecule has 0 spiro atoms. The SMILES string of the molecule is CC(=O)C1OC1C1=C(C)CC(OC2OC(CO)C(O)C(O)C2O)CC1(C)C. The molecule has 8 nitrogen and oxygen atoms in total. The van der Waals surface area contributed by atoms with Gasteiger partial charge in [-0.1, -0.05) is 19.4 Å². The van der Waals surface area contributed by atoms with Crippen LogP contribution in [0.2, 0.25) is 0 Å². The third-order valence-corrected chi connectivity index (χ3v) is 5.81. The summed E-state index contributed by atoms with van der Waals surface area (Å²) in [7, 11) is 0. The molecule has 0 aromatic heterocycles. The lowest BCUT2D eigenvalue weighted by atomic mass is 9.70. The van der Waals surface area contributed by atoms with E-state index in [9.17, 15) is 25.2 Å². The van der Waals surface area contributed by atoms with Gasteiger partial charge in [-0.25, -0.2) is 0 Å². The molecule has 154 valence electrons. The minimum Gasteiger partial charge on any atom is -0.394 e. The van der Waals surface area contributed by atoms with Gasteiger partial charge in [-0.2, -0.15) is 0 Å². The van der Waals surface area contributed by atoms with Gasteiger partial charge < -0.3 is 34.6 Å². The number of ether oxygens (including phenoxy) is 3. The van der Waals surface area contributed by atoms with Crippen molar-refractivity contribution in [2.75, 3.05) is 6.61 Å². The summed E-state index contributed by atoms with van der Waals surface area (Å²) in [5.41, 5.74) is 1.93. The molecule has 0 aromatic rings. The summed E-state index contributed by atoms with van der Waals surface area (Å²) < 4.78 is 17.0. The molecule has 0 amide bonds. The van der Waals surface area contributed by atoms with E-state index in [0.29, 0.717) is 12.8 Å². The van der Waals surface area contributed by atoms with E-state index in [2.05, 4.69) is 13.8 Å². The zero-order valence-electron chi connectivity index (χ0n) is 16.2. The smallest absolute Gasteiger partial charge is 0.186 e. The van der Waals surface area contributed by atoms with E-state index in [1.165, 1.54) is 6.92 Å².